The molecular weight excluding hydrogens is 218 g/mol. The monoisotopic (exact) mass is 237 g/mol. The zero-order valence-electron chi connectivity index (χ0n) is 10.4. The number of oxazole rings is 1. The number of likely N-dealkylation sites (tertiary alicyclic amines) is 1. The second-order valence-electron chi connectivity index (χ2n) is 4.47. The second kappa shape index (κ2) is 5.31. The molecule has 1 N–H and O–H groups in total. The highest BCUT2D eigenvalue weighted by Crippen LogP contribution is 2.20. The molecule has 2 heterocycles. The fourth-order valence-corrected chi connectivity index (χ4v) is 2.35. The number of carbonyl (C=O) groups is 1. The number of piperidine rings is 1. The number of nitrogens with zero attached hydrogens (tertiary/aromatic N) is 2. The SMILES string of the molecule is CNCC1CCCCN1C(=O)c1ocnc1C. The smallest absolute Gasteiger partial charge is 0.291 e. The van der Waals surface area contributed by atoms with Crippen LogP contribution in [-0.4, -0.2) is 42.0 Å². The van der Waals surface area contributed by atoms with E-state index in [1.165, 1.54) is 12.8 Å². The number of amides is 1. The average Bonchev–Trinajstić information content (AvgIpc) is 2.76. The number of aromatic nitrogens is 1. The van der Waals surface area contributed by atoms with E-state index in [-0.39, 0.29) is 11.9 Å². The zero-order chi connectivity index (χ0) is 12.3. The van der Waals surface area contributed by atoms with Crippen molar-refractivity contribution in [2.24, 2.45) is 0 Å². The summed E-state index contributed by atoms with van der Waals surface area (Å²) in [5, 5.41) is 3.14. The lowest BCUT2D eigenvalue weighted by molar-refractivity contribution is 0.0581. The molecule has 5 heteroatoms. The summed E-state index contributed by atoms with van der Waals surface area (Å²) >= 11 is 0. The van der Waals surface area contributed by atoms with Crippen molar-refractivity contribution in [3.05, 3.63) is 17.8 Å². The van der Waals surface area contributed by atoms with Gasteiger partial charge in [0.25, 0.3) is 5.91 Å². The molecule has 0 radical (unpaired) electrons. The van der Waals surface area contributed by atoms with Crippen LogP contribution in [0.25, 0.3) is 0 Å². The van der Waals surface area contributed by atoms with Crippen LogP contribution in [0, 0.1) is 6.92 Å². The summed E-state index contributed by atoms with van der Waals surface area (Å²) in [4.78, 5) is 18.2. The highest BCUT2D eigenvalue weighted by molar-refractivity contribution is 5.92. The van der Waals surface area contributed by atoms with Crippen molar-refractivity contribution < 1.29 is 9.21 Å². The largest absolute Gasteiger partial charge is 0.438 e. The lowest BCUT2D eigenvalue weighted by Gasteiger charge is -2.35. The van der Waals surface area contributed by atoms with E-state index in [1.807, 2.05) is 11.9 Å². The van der Waals surface area contributed by atoms with E-state index in [4.69, 9.17) is 4.42 Å². The molecule has 1 aliphatic rings. The Kier molecular flexibility index (Phi) is 3.78. The molecule has 0 bridgehead atoms. The first kappa shape index (κ1) is 12.1. The fraction of sp³-hybridized carbons (Fsp3) is 0.667. The van der Waals surface area contributed by atoms with E-state index in [2.05, 4.69) is 10.3 Å². The van der Waals surface area contributed by atoms with Gasteiger partial charge in [0.1, 0.15) is 0 Å². The van der Waals surface area contributed by atoms with Crippen LogP contribution in [0.4, 0.5) is 0 Å². The summed E-state index contributed by atoms with van der Waals surface area (Å²) in [7, 11) is 1.91. The maximum atomic E-state index is 12.3. The van der Waals surface area contributed by atoms with Crippen LogP contribution in [-0.2, 0) is 0 Å². The fourth-order valence-electron chi connectivity index (χ4n) is 2.35. The Labute approximate surface area is 101 Å². The molecule has 1 aliphatic heterocycles. The van der Waals surface area contributed by atoms with Crippen LogP contribution in [0.2, 0.25) is 0 Å². The predicted octanol–water partition coefficient (Wildman–Crippen LogP) is 1.20. The first-order valence-electron chi connectivity index (χ1n) is 6.09. The van der Waals surface area contributed by atoms with Crippen molar-refractivity contribution >= 4 is 5.91 Å². The maximum Gasteiger partial charge on any atom is 0.291 e. The summed E-state index contributed by atoms with van der Waals surface area (Å²) in [5.74, 6) is 0.355. The Balaban J connectivity index is 2.14. The summed E-state index contributed by atoms with van der Waals surface area (Å²) < 4.78 is 5.18. The van der Waals surface area contributed by atoms with Crippen molar-refractivity contribution in [2.45, 2.75) is 32.2 Å². The minimum absolute atomic E-state index is 0.0278. The van der Waals surface area contributed by atoms with Gasteiger partial charge in [0.2, 0.25) is 5.76 Å². The number of rotatable bonds is 3. The number of hydrogen-bond donors (Lipinski definition) is 1. The minimum atomic E-state index is -0.0278. The molecule has 1 saturated heterocycles. The predicted molar refractivity (Wildman–Crippen MR) is 63.8 cm³/mol. The maximum absolute atomic E-state index is 12.3. The third kappa shape index (κ3) is 2.49. The number of aryl methyl sites for hydroxylation is 1. The summed E-state index contributed by atoms with van der Waals surface area (Å²) in [6, 6.07) is 0.269. The Bertz CT molecular complexity index is 387. The number of hydrogen-bond acceptors (Lipinski definition) is 4. The van der Waals surface area contributed by atoms with E-state index >= 15 is 0 Å². The second-order valence-corrected chi connectivity index (χ2v) is 4.47. The van der Waals surface area contributed by atoms with Gasteiger partial charge in [0.15, 0.2) is 6.39 Å². The minimum Gasteiger partial charge on any atom is -0.438 e. The molecule has 0 saturated carbocycles. The van der Waals surface area contributed by atoms with Crippen LogP contribution < -0.4 is 5.32 Å². The number of nitrogens with one attached hydrogen (secondary N) is 1. The van der Waals surface area contributed by atoms with E-state index in [0.717, 1.165) is 25.9 Å². The summed E-state index contributed by atoms with van der Waals surface area (Å²) in [5.41, 5.74) is 0.670. The quantitative estimate of drug-likeness (QED) is 0.858. The van der Waals surface area contributed by atoms with Gasteiger partial charge < -0.3 is 14.6 Å². The molecule has 94 valence electrons. The molecule has 1 fully saturated rings. The highest BCUT2D eigenvalue weighted by atomic mass is 16.3. The Hall–Kier alpha value is -1.36. The zero-order valence-corrected chi connectivity index (χ0v) is 10.4. The van der Waals surface area contributed by atoms with Gasteiger partial charge in [-0.3, -0.25) is 4.79 Å². The standard InChI is InChI=1S/C12H19N3O2/c1-9-11(17-8-14-9)12(16)15-6-4-3-5-10(15)7-13-2/h8,10,13H,3-7H2,1-2H3. The Morgan fingerprint density at radius 3 is 3.12 bits per heavy atom. The average molecular weight is 237 g/mol. The van der Waals surface area contributed by atoms with Gasteiger partial charge in [-0.25, -0.2) is 4.98 Å². The molecule has 0 aromatic carbocycles. The third-order valence-electron chi connectivity index (χ3n) is 3.27. The Morgan fingerprint density at radius 1 is 1.65 bits per heavy atom. The van der Waals surface area contributed by atoms with E-state index in [9.17, 15) is 4.79 Å². The molecule has 0 spiro atoms. The van der Waals surface area contributed by atoms with E-state index < -0.39 is 0 Å². The molecule has 1 aromatic rings. The van der Waals surface area contributed by atoms with Crippen molar-refractivity contribution in [3.8, 4) is 0 Å². The summed E-state index contributed by atoms with van der Waals surface area (Å²) in [6.07, 6.45) is 4.64. The van der Waals surface area contributed by atoms with Crippen molar-refractivity contribution in [3.63, 3.8) is 0 Å². The molecule has 1 amide bonds. The van der Waals surface area contributed by atoms with Gasteiger partial charge in [-0.2, -0.15) is 0 Å². The lowest BCUT2D eigenvalue weighted by atomic mass is 10.0. The summed E-state index contributed by atoms with van der Waals surface area (Å²) in [6.45, 7) is 3.44. The lowest BCUT2D eigenvalue weighted by Crippen LogP contribution is -2.48. The van der Waals surface area contributed by atoms with Gasteiger partial charge in [-0.1, -0.05) is 0 Å². The van der Waals surface area contributed by atoms with Gasteiger partial charge in [0.05, 0.1) is 5.69 Å². The van der Waals surface area contributed by atoms with Crippen molar-refractivity contribution in [2.75, 3.05) is 20.1 Å². The van der Waals surface area contributed by atoms with E-state index in [1.54, 1.807) is 6.92 Å². The van der Waals surface area contributed by atoms with Gasteiger partial charge in [-0.05, 0) is 33.2 Å². The number of likely N-dealkylation sites (N-methyl/N-ethyl adjacent to an activating group) is 1. The molecule has 17 heavy (non-hydrogen) atoms. The van der Waals surface area contributed by atoms with Crippen LogP contribution in [0.3, 0.4) is 0 Å². The van der Waals surface area contributed by atoms with Crippen LogP contribution in [0.15, 0.2) is 10.8 Å². The van der Waals surface area contributed by atoms with Crippen LogP contribution in [0.5, 0.6) is 0 Å². The molecule has 1 atom stereocenters. The molecular formula is C12H19N3O2. The third-order valence-corrected chi connectivity index (χ3v) is 3.27. The van der Waals surface area contributed by atoms with Gasteiger partial charge >= 0.3 is 0 Å². The normalized spacial score (nSPS) is 20.6. The first-order valence-corrected chi connectivity index (χ1v) is 6.09. The first-order chi connectivity index (χ1) is 8.24. The van der Waals surface area contributed by atoms with Crippen molar-refractivity contribution in [1.29, 1.82) is 0 Å². The van der Waals surface area contributed by atoms with Crippen LogP contribution >= 0.6 is 0 Å². The molecule has 1 unspecified atom stereocenters. The molecule has 1 aromatic heterocycles. The molecule has 0 aliphatic carbocycles. The van der Waals surface area contributed by atoms with Gasteiger partial charge in [0, 0.05) is 19.1 Å². The van der Waals surface area contributed by atoms with Gasteiger partial charge in [-0.15, -0.1) is 0 Å². The Morgan fingerprint density at radius 2 is 2.47 bits per heavy atom. The molecule has 2 rings (SSSR count). The number of carbonyl (C=O) groups excluding carboxylic acids is 1. The van der Waals surface area contributed by atoms with E-state index in [0.29, 0.717) is 11.5 Å². The topological polar surface area (TPSA) is 58.4 Å². The van der Waals surface area contributed by atoms with Crippen LogP contribution in [0.1, 0.15) is 35.5 Å². The van der Waals surface area contributed by atoms with Crippen molar-refractivity contribution in [1.82, 2.24) is 15.2 Å². The highest BCUT2D eigenvalue weighted by Gasteiger charge is 2.29. The molecule has 5 nitrogen and oxygen atoms in total.